The summed E-state index contributed by atoms with van der Waals surface area (Å²) in [7, 11) is 1.76. The second kappa shape index (κ2) is 5.80. The molecule has 0 aliphatic carbocycles. The molecule has 0 amide bonds. The highest BCUT2D eigenvalue weighted by atomic mass is 79.9. The summed E-state index contributed by atoms with van der Waals surface area (Å²) in [4.78, 5) is 1.30. The minimum atomic E-state index is -0.214. The highest BCUT2D eigenvalue weighted by Gasteiger charge is 2.38. The second-order valence-electron chi connectivity index (χ2n) is 4.40. The molecule has 1 unspecified atom stereocenters. The number of ether oxygens (including phenoxy) is 2. The predicted molar refractivity (Wildman–Crippen MR) is 73.5 cm³/mol. The molecule has 1 atom stereocenters. The largest absolute Gasteiger partial charge is 0.381 e. The van der Waals surface area contributed by atoms with E-state index in [1.54, 1.807) is 18.4 Å². The van der Waals surface area contributed by atoms with Crippen LogP contribution in [0.5, 0.6) is 0 Å². The molecule has 0 bridgehead atoms. The first-order valence-electron chi connectivity index (χ1n) is 5.79. The van der Waals surface area contributed by atoms with Crippen LogP contribution in [0.3, 0.4) is 0 Å². The minimum absolute atomic E-state index is 0.0296. The fourth-order valence-electron chi connectivity index (χ4n) is 2.31. The van der Waals surface area contributed by atoms with Gasteiger partial charge in [-0.05, 0) is 34.5 Å². The quantitative estimate of drug-likeness (QED) is 0.927. The Labute approximate surface area is 114 Å². The summed E-state index contributed by atoms with van der Waals surface area (Å²) < 4.78 is 12.2. The Balaban J connectivity index is 2.04. The summed E-state index contributed by atoms with van der Waals surface area (Å²) in [6.07, 6.45) is 2.64. The molecule has 17 heavy (non-hydrogen) atoms. The Hall–Kier alpha value is 0.0600. The molecule has 1 aromatic heterocycles. The van der Waals surface area contributed by atoms with E-state index in [4.69, 9.17) is 15.2 Å². The van der Waals surface area contributed by atoms with E-state index in [-0.39, 0.29) is 11.6 Å². The first kappa shape index (κ1) is 13.5. The molecule has 5 heteroatoms. The predicted octanol–water partition coefficient (Wildman–Crippen LogP) is 2.58. The van der Waals surface area contributed by atoms with Crippen molar-refractivity contribution in [3.63, 3.8) is 0 Å². The van der Waals surface area contributed by atoms with Crippen molar-refractivity contribution >= 4 is 27.3 Å². The van der Waals surface area contributed by atoms with Gasteiger partial charge in [0.25, 0.3) is 0 Å². The van der Waals surface area contributed by atoms with Gasteiger partial charge in [0.05, 0.1) is 9.39 Å². The van der Waals surface area contributed by atoms with Crippen LogP contribution in [0.25, 0.3) is 0 Å². The highest BCUT2D eigenvalue weighted by molar-refractivity contribution is 9.11. The Kier molecular flexibility index (Phi) is 4.60. The molecule has 3 nitrogen and oxygen atoms in total. The molecule has 2 N–H and O–H groups in total. The highest BCUT2D eigenvalue weighted by Crippen LogP contribution is 2.31. The average molecular weight is 320 g/mol. The van der Waals surface area contributed by atoms with Gasteiger partial charge in [0.15, 0.2) is 0 Å². The van der Waals surface area contributed by atoms with E-state index in [1.165, 1.54) is 4.88 Å². The lowest BCUT2D eigenvalue weighted by Crippen LogP contribution is -2.53. The van der Waals surface area contributed by atoms with E-state index in [9.17, 15) is 0 Å². The number of rotatable bonds is 4. The molecule has 0 aromatic carbocycles. The maximum Gasteiger partial charge on any atom is 0.0876 e. The normalized spacial score (nSPS) is 21.4. The van der Waals surface area contributed by atoms with Crippen molar-refractivity contribution in [1.29, 1.82) is 0 Å². The molecule has 0 radical (unpaired) electrons. The molecule has 1 aliphatic rings. The molecular weight excluding hydrogens is 302 g/mol. The van der Waals surface area contributed by atoms with E-state index in [0.717, 1.165) is 36.3 Å². The molecule has 0 spiro atoms. The number of thiophene rings is 1. The van der Waals surface area contributed by atoms with Crippen molar-refractivity contribution in [3.05, 3.63) is 20.8 Å². The van der Waals surface area contributed by atoms with Gasteiger partial charge in [-0.25, -0.2) is 0 Å². The second-order valence-corrected chi connectivity index (χ2v) is 6.95. The van der Waals surface area contributed by atoms with Crippen molar-refractivity contribution < 1.29 is 9.47 Å². The zero-order valence-corrected chi connectivity index (χ0v) is 12.4. The molecule has 2 rings (SSSR count). The lowest BCUT2D eigenvalue weighted by atomic mass is 9.84. The maximum absolute atomic E-state index is 6.35. The number of hydrogen-bond donors (Lipinski definition) is 1. The van der Waals surface area contributed by atoms with Crippen molar-refractivity contribution in [2.24, 2.45) is 5.73 Å². The van der Waals surface area contributed by atoms with Gasteiger partial charge in [-0.15, -0.1) is 11.3 Å². The number of methoxy groups -OCH3 is 1. The SMILES string of the molecule is COC1(C(N)Cc2ccc(Br)s2)CCOCC1. The fourth-order valence-corrected chi connectivity index (χ4v) is 3.85. The van der Waals surface area contributed by atoms with Crippen molar-refractivity contribution in [3.8, 4) is 0 Å². The zero-order chi connectivity index (χ0) is 12.3. The van der Waals surface area contributed by atoms with Crippen LogP contribution in [-0.2, 0) is 15.9 Å². The average Bonchev–Trinajstić information content (AvgIpc) is 2.75. The molecular formula is C12H18BrNO2S. The third kappa shape index (κ3) is 3.09. The van der Waals surface area contributed by atoms with Crippen LogP contribution in [0.4, 0.5) is 0 Å². The molecule has 1 aliphatic heterocycles. The van der Waals surface area contributed by atoms with Crippen molar-refractivity contribution in [1.82, 2.24) is 0 Å². The van der Waals surface area contributed by atoms with E-state index < -0.39 is 0 Å². The molecule has 96 valence electrons. The number of halogens is 1. The van der Waals surface area contributed by atoms with Gasteiger partial charge in [-0.3, -0.25) is 0 Å². The number of hydrogen-bond acceptors (Lipinski definition) is 4. The molecule has 1 aromatic rings. The smallest absolute Gasteiger partial charge is 0.0876 e. The summed E-state index contributed by atoms with van der Waals surface area (Å²) >= 11 is 5.21. The maximum atomic E-state index is 6.35. The van der Waals surface area contributed by atoms with E-state index in [1.807, 2.05) is 0 Å². The molecule has 2 heterocycles. The standard InChI is InChI=1S/C12H18BrNO2S/c1-15-12(4-6-16-7-5-12)10(14)8-9-2-3-11(13)17-9/h2-3,10H,4-8,14H2,1H3. The summed E-state index contributed by atoms with van der Waals surface area (Å²) in [5.41, 5.74) is 6.13. The van der Waals surface area contributed by atoms with Crippen LogP contribution in [0.15, 0.2) is 15.9 Å². The van der Waals surface area contributed by atoms with Gasteiger partial charge in [0.2, 0.25) is 0 Å². The van der Waals surface area contributed by atoms with Crippen LogP contribution in [0.1, 0.15) is 17.7 Å². The summed E-state index contributed by atoms with van der Waals surface area (Å²) in [5.74, 6) is 0. The Morgan fingerprint density at radius 3 is 2.76 bits per heavy atom. The van der Waals surface area contributed by atoms with Crippen molar-refractivity contribution in [2.45, 2.75) is 30.9 Å². The Morgan fingerprint density at radius 2 is 2.24 bits per heavy atom. The first-order valence-corrected chi connectivity index (χ1v) is 7.40. The van der Waals surface area contributed by atoms with Crippen LogP contribution in [0.2, 0.25) is 0 Å². The molecule has 0 saturated carbocycles. The van der Waals surface area contributed by atoms with Crippen molar-refractivity contribution in [2.75, 3.05) is 20.3 Å². The summed E-state index contributed by atoms with van der Waals surface area (Å²) in [6, 6.07) is 4.22. The van der Waals surface area contributed by atoms with Gasteiger partial charge in [-0.2, -0.15) is 0 Å². The monoisotopic (exact) mass is 319 g/mol. The topological polar surface area (TPSA) is 44.5 Å². The van der Waals surface area contributed by atoms with Crippen LogP contribution in [-0.4, -0.2) is 32.0 Å². The van der Waals surface area contributed by atoms with E-state index in [2.05, 4.69) is 28.1 Å². The van der Waals surface area contributed by atoms with E-state index in [0.29, 0.717) is 0 Å². The Bertz CT molecular complexity index is 363. The summed E-state index contributed by atoms with van der Waals surface area (Å²) in [6.45, 7) is 1.49. The molecule has 1 fully saturated rings. The third-order valence-electron chi connectivity index (χ3n) is 3.47. The zero-order valence-electron chi connectivity index (χ0n) is 9.95. The minimum Gasteiger partial charge on any atom is -0.381 e. The Morgan fingerprint density at radius 1 is 1.53 bits per heavy atom. The van der Waals surface area contributed by atoms with E-state index >= 15 is 0 Å². The van der Waals surface area contributed by atoms with Crippen LogP contribution >= 0.6 is 27.3 Å². The molecule has 1 saturated heterocycles. The van der Waals surface area contributed by atoms with Crippen LogP contribution < -0.4 is 5.73 Å². The summed E-state index contributed by atoms with van der Waals surface area (Å²) in [5, 5.41) is 0. The lowest BCUT2D eigenvalue weighted by Gasteiger charge is -2.40. The van der Waals surface area contributed by atoms with Gasteiger partial charge < -0.3 is 15.2 Å². The van der Waals surface area contributed by atoms with Gasteiger partial charge in [-0.1, -0.05) is 0 Å². The van der Waals surface area contributed by atoms with Crippen LogP contribution in [0, 0.1) is 0 Å². The van der Waals surface area contributed by atoms with Gasteiger partial charge in [0, 0.05) is 44.1 Å². The fraction of sp³-hybridized carbons (Fsp3) is 0.667. The van der Waals surface area contributed by atoms with Gasteiger partial charge >= 0.3 is 0 Å². The first-order chi connectivity index (χ1) is 8.16. The van der Waals surface area contributed by atoms with Gasteiger partial charge in [0.1, 0.15) is 0 Å². The third-order valence-corrected chi connectivity index (χ3v) is 5.12. The lowest BCUT2D eigenvalue weighted by molar-refractivity contribution is -0.103. The number of nitrogens with two attached hydrogens (primary N) is 1.